The molecule has 0 bridgehead atoms. The van der Waals surface area contributed by atoms with Gasteiger partial charge in [0.05, 0.1) is 23.4 Å². The predicted octanol–water partition coefficient (Wildman–Crippen LogP) is 4.20. The summed E-state index contributed by atoms with van der Waals surface area (Å²) < 4.78 is 46.0. The zero-order valence-corrected chi connectivity index (χ0v) is 16.6. The highest BCUT2D eigenvalue weighted by Gasteiger charge is 2.17. The Morgan fingerprint density at radius 2 is 1.66 bits per heavy atom. The van der Waals surface area contributed by atoms with Gasteiger partial charge in [-0.2, -0.15) is 0 Å². The molecule has 0 atom stereocenters. The third kappa shape index (κ3) is 4.72. The molecule has 0 fully saturated rings. The first kappa shape index (κ1) is 20.3. The van der Waals surface area contributed by atoms with Crippen molar-refractivity contribution in [2.75, 3.05) is 17.1 Å². The van der Waals surface area contributed by atoms with Gasteiger partial charge in [-0.25, -0.2) is 12.8 Å². The summed E-state index contributed by atoms with van der Waals surface area (Å²) in [6.07, 6.45) is 0. The van der Waals surface area contributed by atoms with Crippen LogP contribution in [-0.4, -0.2) is 21.4 Å². The molecule has 2 N–H and O–H groups in total. The van der Waals surface area contributed by atoms with Crippen molar-refractivity contribution >= 4 is 27.3 Å². The zero-order valence-electron chi connectivity index (χ0n) is 15.8. The Morgan fingerprint density at radius 3 is 2.31 bits per heavy atom. The average molecular weight is 414 g/mol. The Hall–Kier alpha value is -3.39. The molecule has 0 spiro atoms. The van der Waals surface area contributed by atoms with Gasteiger partial charge in [-0.1, -0.05) is 18.2 Å². The summed E-state index contributed by atoms with van der Waals surface area (Å²) in [5.74, 6) is -0.587. The maximum Gasteiger partial charge on any atom is 0.261 e. The average Bonchev–Trinajstić information content (AvgIpc) is 2.70. The van der Waals surface area contributed by atoms with Gasteiger partial charge in [0.15, 0.2) is 0 Å². The van der Waals surface area contributed by atoms with Gasteiger partial charge in [0, 0.05) is 5.56 Å². The lowest BCUT2D eigenvalue weighted by Crippen LogP contribution is -2.15. The lowest BCUT2D eigenvalue weighted by molar-refractivity contribution is 0.102. The van der Waals surface area contributed by atoms with Crippen LogP contribution in [0.1, 0.15) is 15.9 Å². The van der Waals surface area contributed by atoms with E-state index < -0.39 is 21.7 Å². The number of benzene rings is 3. The van der Waals surface area contributed by atoms with Gasteiger partial charge in [-0.3, -0.25) is 9.52 Å². The molecule has 0 saturated carbocycles. The minimum atomic E-state index is -4.00. The van der Waals surface area contributed by atoms with Crippen molar-refractivity contribution in [3.63, 3.8) is 0 Å². The summed E-state index contributed by atoms with van der Waals surface area (Å²) in [5.41, 5.74) is 1.57. The van der Waals surface area contributed by atoms with E-state index >= 15 is 0 Å². The smallest absolute Gasteiger partial charge is 0.261 e. The van der Waals surface area contributed by atoms with Crippen molar-refractivity contribution in [2.45, 2.75) is 11.8 Å². The summed E-state index contributed by atoms with van der Waals surface area (Å²) in [6, 6.07) is 16.2. The lowest BCUT2D eigenvalue weighted by atomic mass is 10.1. The van der Waals surface area contributed by atoms with Crippen molar-refractivity contribution in [2.24, 2.45) is 0 Å². The maximum absolute atomic E-state index is 13.7. The highest BCUT2D eigenvalue weighted by molar-refractivity contribution is 7.92. The normalized spacial score (nSPS) is 11.0. The molecule has 0 aliphatic rings. The topological polar surface area (TPSA) is 84.5 Å². The number of hydrogen-bond donors (Lipinski definition) is 2. The molecule has 0 aliphatic carbocycles. The Kier molecular flexibility index (Phi) is 5.84. The van der Waals surface area contributed by atoms with E-state index in [1.54, 1.807) is 12.1 Å². The fraction of sp³-hybridized carbons (Fsp3) is 0.0952. The van der Waals surface area contributed by atoms with Crippen LogP contribution in [0.15, 0.2) is 71.6 Å². The molecule has 0 aliphatic heterocycles. The molecule has 150 valence electrons. The van der Waals surface area contributed by atoms with E-state index in [0.717, 1.165) is 11.6 Å². The number of sulfonamides is 1. The molecule has 0 heterocycles. The number of methoxy groups -OCH3 is 1. The van der Waals surface area contributed by atoms with Crippen LogP contribution in [0.4, 0.5) is 15.8 Å². The van der Waals surface area contributed by atoms with Crippen molar-refractivity contribution in [3.8, 4) is 5.75 Å². The first-order valence-electron chi connectivity index (χ1n) is 8.63. The maximum atomic E-state index is 13.7. The van der Waals surface area contributed by atoms with Crippen molar-refractivity contribution in [3.05, 3.63) is 83.7 Å². The Balaban J connectivity index is 1.78. The van der Waals surface area contributed by atoms with E-state index in [2.05, 4.69) is 10.0 Å². The SMILES string of the molecule is COc1ccc(C)cc1NC(=O)c1ccc(S(=O)(=O)Nc2ccccc2F)cc1. The minimum Gasteiger partial charge on any atom is -0.495 e. The number of aryl methyl sites for hydroxylation is 1. The summed E-state index contributed by atoms with van der Waals surface area (Å²) in [6.45, 7) is 1.89. The number of para-hydroxylation sites is 1. The summed E-state index contributed by atoms with van der Waals surface area (Å²) >= 11 is 0. The second kappa shape index (κ2) is 8.32. The van der Waals surface area contributed by atoms with Gasteiger partial charge in [0.2, 0.25) is 0 Å². The second-order valence-corrected chi connectivity index (χ2v) is 7.95. The van der Waals surface area contributed by atoms with Crippen LogP contribution in [0.25, 0.3) is 0 Å². The number of hydrogen-bond acceptors (Lipinski definition) is 4. The number of halogens is 1. The fourth-order valence-electron chi connectivity index (χ4n) is 2.65. The summed E-state index contributed by atoms with van der Waals surface area (Å²) in [5, 5.41) is 2.75. The van der Waals surface area contributed by atoms with E-state index in [1.165, 1.54) is 49.6 Å². The number of nitrogens with one attached hydrogen (secondary N) is 2. The van der Waals surface area contributed by atoms with Crippen molar-refractivity contribution < 1.29 is 22.3 Å². The molecular weight excluding hydrogens is 395 g/mol. The quantitative estimate of drug-likeness (QED) is 0.633. The molecule has 3 rings (SSSR count). The first-order chi connectivity index (χ1) is 13.8. The molecule has 3 aromatic carbocycles. The first-order valence-corrected chi connectivity index (χ1v) is 10.1. The number of amides is 1. The number of anilines is 2. The Morgan fingerprint density at radius 1 is 0.966 bits per heavy atom. The van der Waals surface area contributed by atoms with E-state index in [9.17, 15) is 17.6 Å². The van der Waals surface area contributed by atoms with Crippen molar-refractivity contribution in [1.29, 1.82) is 0 Å². The van der Waals surface area contributed by atoms with Gasteiger partial charge in [0.25, 0.3) is 15.9 Å². The van der Waals surface area contributed by atoms with Gasteiger partial charge in [-0.05, 0) is 61.0 Å². The molecule has 8 heteroatoms. The third-order valence-electron chi connectivity index (χ3n) is 4.15. The largest absolute Gasteiger partial charge is 0.495 e. The van der Waals surface area contributed by atoms with Crippen LogP contribution < -0.4 is 14.8 Å². The van der Waals surface area contributed by atoms with Crippen LogP contribution >= 0.6 is 0 Å². The van der Waals surface area contributed by atoms with Crippen molar-refractivity contribution in [1.82, 2.24) is 0 Å². The Labute approximate surface area is 168 Å². The van der Waals surface area contributed by atoms with E-state index in [-0.39, 0.29) is 16.1 Å². The molecule has 0 radical (unpaired) electrons. The molecular formula is C21H19FN2O4S. The number of ether oxygens (including phenoxy) is 1. The van der Waals surface area contributed by atoms with Gasteiger partial charge < -0.3 is 10.1 Å². The lowest BCUT2D eigenvalue weighted by Gasteiger charge is -2.12. The Bertz CT molecular complexity index is 1150. The van der Waals surface area contributed by atoms with Crippen LogP contribution in [0.3, 0.4) is 0 Å². The summed E-state index contributed by atoms with van der Waals surface area (Å²) in [4.78, 5) is 12.4. The second-order valence-electron chi connectivity index (χ2n) is 6.27. The molecule has 3 aromatic rings. The highest BCUT2D eigenvalue weighted by atomic mass is 32.2. The van der Waals surface area contributed by atoms with Gasteiger partial charge in [-0.15, -0.1) is 0 Å². The fourth-order valence-corrected chi connectivity index (χ4v) is 3.71. The minimum absolute atomic E-state index is 0.0922. The molecule has 6 nitrogen and oxygen atoms in total. The summed E-state index contributed by atoms with van der Waals surface area (Å²) in [7, 11) is -2.49. The van der Waals surface area contributed by atoms with Crippen LogP contribution in [0.5, 0.6) is 5.75 Å². The van der Waals surface area contributed by atoms with E-state index in [0.29, 0.717) is 11.4 Å². The molecule has 0 saturated heterocycles. The number of rotatable bonds is 6. The number of carbonyl (C=O) groups excluding carboxylic acids is 1. The predicted molar refractivity (Wildman–Crippen MR) is 109 cm³/mol. The number of carbonyl (C=O) groups is 1. The van der Waals surface area contributed by atoms with E-state index in [1.807, 2.05) is 13.0 Å². The zero-order chi connectivity index (χ0) is 21.0. The molecule has 1 amide bonds. The molecule has 0 unspecified atom stereocenters. The van der Waals surface area contributed by atoms with Crippen LogP contribution in [0.2, 0.25) is 0 Å². The van der Waals surface area contributed by atoms with Gasteiger partial charge >= 0.3 is 0 Å². The molecule has 29 heavy (non-hydrogen) atoms. The van der Waals surface area contributed by atoms with Gasteiger partial charge in [0.1, 0.15) is 11.6 Å². The van der Waals surface area contributed by atoms with Crippen LogP contribution in [-0.2, 0) is 10.0 Å². The third-order valence-corrected chi connectivity index (χ3v) is 5.53. The molecule has 0 aromatic heterocycles. The standard InChI is InChI=1S/C21H19FN2O4S/c1-14-7-12-20(28-2)19(13-14)23-21(25)15-8-10-16(11-9-15)29(26,27)24-18-6-4-3-5-17(18)22/h3-13,24H,1-2H3,(H,23,25). The van der Waals surface area contributed by atoms with Crippen LogP contribution in [0, 0.1) is 12.7 Å². The van der Waals surface area contributed by atoms with E-state index in [4.69, 9.17) is 4.74 Å². The monoisotopic (exact) mass is 414 g/mol. The highest BCUT2D eigenvalue weighted by Crippen LogP contribution is 2.26.